The molecule has 11 nitrogen and oxygen atoms in total. The van der Waals surface area contributed by atoms with Gasteiger partial charge in [-0.15, -0.1) is 10.2 Å². The molecule has 1 aromatic heterocycles. The zero-order valence-corrected chi connectivity index (χ0v) is 24.4. The quantitative estimate of drug-likeness (QED) is 0.121. The molecule has 0 radical (unpaired) electrons. The van der Waals surface area contributed by atoms with Crippen molar-refractivity contribution in [2.24, 2.45) is 10.2 Å². The molecule has 0 unspecified atom stereocenters. The number of nitrogens with one attached hydrogen (secondary N) is 2. The Balaban J connectivity index is 1.48. The largest absolute Gasteiger partial charge is 0.505 e. The summed E-state index contributed by atoms with van der Waals surface area (Å²) in [6.45, 7) is 0. The number of amides is 2. The van der Waals surface area contributed by atoms with Gasteiger partial charge in [0.15, 0.2) is 11.6 Å². The van der Waals surface area contributed by atoms with Gasteiger partial charge in [0.25, 0.3) is 11.8 Å². The first-order valence-electron chi connectivity index (χ1n) is 14.1. The smallest absolute Gasteiger partial charge is 0.343 e. The maximum absolute atomic E-state index is 13.4. The third-order valence-corrected chi connectivity index (χ3v) is 7.05. The molecule has 0 saturated heterocycles. The summed E-state index contributed by atoms with van der Waals surface area (Å²) in [6.07, 6.45) is 1.31. The molecular formula is C35H26N6O5. The number of aromatic hydroxyl groups is 1. The van der Waals surface area contributed by atoms with Crippen LogP contribution in [-0.2, 0) is 4.74 Å². The summed E-state index contributed by atoms with van der Waals surface area (Å²) in [4.78, 5) is 39.2. The maximum Gasteiger partial charge on any atom is 0.343 e. The number of carbonyl (C=O) groups is 3. The Morgan fingerprint density at radius 3 is 1.98 bits per heavy atom. The van der Waals surface area contributed by atoms with Crippen LogP contribution < -0.4 is 10.6 Å². The fraction of sp³-hybridized carbons (Fsp3) is 0.0286. The average Bonchev–Trinajstić information content (AvgIpc) is 3.52. The van der Waals surface area contributed by atoms with Crippen molar-refractivity contribution in [3.63, 3.8) is 0 Å². The summed E-state index contributed by atoms with van der Waals surface area (Å²) in [7, 11) is 1.24. The van der Waals surface area contributed by atoms with Crippen LogP contribution in [0.5, 0.6) is 5.75 Å². The lowest BCUT2D eigenvalue weighted by molar-refractivity contribution is 0.0601. The third-order valence-electron chi connectivity index (χ3n) is 7.05. The van der Waals surface area contributed by atoms with Gasteiger partial charge in [-0.3, -0.25) is 9.59 Å². The second-order valence-corrected chi connectivity index (χ2v) is 10.0. The molecule has 0 spiro atoms. The molecule has 0 atom stereocenters. The number of carbonyl (C=O) groups excluding carboxylic acids is 3. The Kier molecular flexibility index (Phi) is 8.28. The highest BCUT2D eigenvalue weighted by atomic mass is 16.5. The van der Waals surface area contributed by atoms with Gasteiger partial charge in [-0.2, -0.15) is 5.10 Å². The number of hydrogen-bond donors (Lipinski definition) is 3. The summed E-state index contributed by atoms with van der Waals surface area (Å²) in [5.41, 5.74) is 1.93. The molecule has 46 heavy (non-hydrogen) atoms. The molecule has 1 heterocycles. The Hall–Kier alpha value is -6.62. The molecule has 0 saturated carbocycles. The number of esters is 1. The number of phenolic OH excluding ortho intramolecular Hbond substituents is 1. The van der Waals surface area contributed by atoms with E-state index in [9.17, 15) is 19.5 Å². The first-order valence-corrected chi connectivity index (χ1v) is 14.1. The minimum atomic E-state index is -0.685. The zero-order chi connectivity index (χ0) is 32.0. The third kappa shape index (κ3) is 6.06. The van der Waals surface area contributed by atoms with Gasteiger partial charge in [-0.1, -0.05) is 60.7 Å². The summed E-state index contributed by atoms with van der Waals surface area (Å²) >= 11 is 0. The predicted octanol–water partition coefficient (Wildman–Crippen LogP) is 7.44. The zero-order valence-electron chi connectivity index (χ0n) is 24.4. The molecule has 6 aromatic rings. The fourth-order valence-electron chi connectivity index (χ4n) is 4.78. The standard InChI is InChI=1S/C35H26N6O5/c1-46-35(45)29-21-36-41(26-15-9-4-10-16-26)32(29)40-39-30-27-18-17-22(33(43)37-24-11-5-2-6-12-24)19-23(27)20-28(31(30)42)34(44)38-25-13-7-3-8-14-25/h2-21,42H,1H3,(H,37,43)(H,38,44). The van der Waals surface area contributed by atoms with Crippen LogP contribution in [0.25, 0.3) is 16.5 Å². The number of anilines is 2. The van der Waals surface area contributed by atoms with Crippen LogP contribution in [0, 0.1) is 0 Å². The second kappa shape index (κ2) is 12.9. The van der Waals surface area contributed by atoms with Gasteiger partial charge in [-0.25, -0.2) is 9.48 Å². The number of aromatic nitrogens is 2. The minimum absolute atomic E-state index is 0.0387. The number of para-hydroxylation sites is 3. The highest BCUT2D eigenvalue weighted by Gasteiger charge is 2.22. The lowest BCUT2D eigenvalue weighted by Crippen LogP contribution is -2.13. The van der Waals surface area contributed by atoms with E-state index in [1.165, 1.54) is 24.1 Å². The molecular weight excluding hydrogens is 584 g/mol. The van der Waals surface area contributed by atoms with E-state index in [1.54, 1.807) is 78.9 Å². The molecule has 0 aliphatic carbocycles. The molecule has 0 aliphatic rings. The van der Waals surface area contributed by atoms with Gasteiger partial charge < -0.3 is 20.5 Å². The number of nitrogens with zero attached hydrogens (tertiary/aromatic N) is 4. The first kappa shape index (κ1) is 29.5. The Labute approximate surface area is 262 Å². The van der Waals surface area contributed by atoms with Crippen molar-refractivity contribution < 1.29 is 24.2 Å². The molecule has 3 N–H and O–H groups in total. The van der Waals surface area contributed by atoms with Crippen LogP contribution in [0.2, 0.25) is 0 Å². The van der Waals surface area contributed by atoms with E-state index in [0.29, 0.717) is 33.4 Å². The molecule has 226 valence electrons. The van der Waals surface area contributed by atoms with Gasteiger partial charge in [0.1, 0.15) is 11.3 Å². The highest BCUT2D eigenvalue weighted by Crippen LogP contribution is 2.40. The van der Waals surface area contributed by atoms with E-state index in [1.807, 2.05) is 30.3 Å². The lowest BCUT2D eigenvalue weighted by Gasteiger charge is -2.13. The van der Waals surface area contributed by atoms with Crippen molar-refractivity contribution in [2.45, 2.75) is 0 Å². The molecule has 6 rings (SSSR count). The number of benzene rings is 5. The van der Waals surface area contributed by atoms with E-state index in [4.69, 9.17) is 4.74 Å². The van der Waals surface area contributed by atoms with E-state index < -0.39 is 17.6 Å². The lowest BCUT2D eigenvalue weighted by atomic mass is 10.0. The second-order valence-electron chi connectivity index (χ2n) is 10.0. The van der Waals surface area contributed by atoms with Gasteiger partial charge in [0.05, 0.1) is 24.6 Å². The van der Waals surface area contributed by atoms with Gasteiger partial charge in [-0.05, 0) is 60.0 Å². The molecule has 0 bridgehead atoms. The van der Waals surface area contributed by atoms with Crippen molar-refractivity contribution >= 4 is 51.4 Å². The average molecular weight is 611 g/mol. The first-order chi connectivity index (χ1) is 22.4. The van der Waals surface area contributed by atoms with E-state index in [0.717, 1.165) is 0 Å². The van der Waals surface area contributed by atoms with Crippen LogP contribution >= 0.6 is 0 Å². The minimum Gasteiger partial charge on any atom is -0.505 e. The topological polar surface area (TPSA) is 147 Å². The van der Waals surface area contributed by atoms with Crippen molar-refractivity contribution in [1.29, 1.82) is 0 Å². The van der Waals surface area contributed by atoms with E-state index in [-0.39, 0.29) is 28.5 Å². The Morgan fingerprint density at radius 1 is 0.739 bits per heavy atom. The number of methoxy groups -OCH3 is 1. The SMILES string of the molecule is COC(=O)c1cnn(-c2ccccc2)c1N=Nc1c(O)c(C(=O)Nc2ccccc2)cc2cc(C(=O)Nc3ccccc3)ccc12. The summed E-state index contributed by atoms with van der Waals surface area (Å²) in [5, 5.41) is 30.9. The number of phenols is 1. The number of ether oxygens (including phenoxy) is 1. The van der Waals surface area contributed by atoms with Crippen LogP contribution in [0.15, 0.2) is 132 Å². The summed E-state index contributed by atoms with van der Waals surface area (Å²) in [5.74, 6) is -2.06. The van der Waals surface area contributed by atoms with Gasteiger partial charge in [0, 0.05) is 22.3 Å². The Morgan fingerprint density at radius 2 is 1.35 bits per heavy atom. The molecule has 5 aromatic carbocycles. The normalized spacial score (nSPS) is 11.0. The fourth-order valence-corrected chi connectivity index (χ4v) is 4.78. The number of hydrogen-bond acceptors (Lipinski definition) is 8. The predicted molar refractivity (Wildman–Crippen MR) is 173 cm³/mol. The van der Waals surface area contributed by atoms with Crippen molar-refractivity contribution in [3.05, 3.63) is 138 Å². The van der Waals surface area contributed by atoms with Crippen LogP contribution in [0.4, 0.5) is 22.9 Å². The Bertz CT molecular complexity index is 2100. The molecule has 11 heteroatoms. The molecule has 2 amide bonds. The van der Waals surface area contributed by atoms with E-state index in [2.05, 4.69) is 26.0 Å². The monoisotopic (exact) mass is 610 g/mol. The maximum atomic E-state index is 13.4. The van der Waals surface area contributed by atoms with Crippen molar-refractivity contribution in [3.8, 4) is 11.4 Å². The van der Waals surface area contributed by atoms with E-state index >= 15 is 0 Å². The van der Waals surface area contributed by atoms with Gasteiger partial charge in [0.2, 0.25) is 0 Å². The van der Waals surface area contributed by atoms with Crippen LogP contribution in [-0.4, -0.2) is 39.8 Å². The molecule has 0 fully saturated rings. The molecule has 0 aliphatic heterocycles. The number of fused-ring (bicyclic) bond motifs is 1. The van der Waals surface area contributed by atoms with Crippen LogP contribution in [0.3, 0.4) is 0 Å². The van der Waals surface area contributed by atoms with Gasteiger partial charge >= 0.3 is 5.97 Å². The van der Waals surface area contributed by atoms with Crippen molar-refractivity contribution in [2.75, 3.05) is 17.7 Å². The van der Waals surface area contributed by atoms with Crippen molar-refractivity contribution in [1.82, 2.24) is 9.78 Å². The number of rotatable bonds is 8. The van der Waals surface area contributed by atoms with Crippen LogP contribution in [0.1, 0.15) is 31.1 Å². The summed E-state index contributed by atoms with van der Waals surface area (Å²) < 4.78 is 6.33. The summed E-state index contributed by atoms with van der Waals surface area (Å²) in [6, 6.07) is 33.0. The highest BCUT2D eigenvalue weighted by molar-refractivity contribution is 6.13. The number of azo groups is 1.